The van der Waals surface area contributed by atoms with Crippen molar-refractivity contribution < 1.29 is 14.3 Å². The van der Waals surface area contributed by atoms with Crippen molar-refractivity contribution in [2.24, 2.45) is 0 Å². The van der Waals surface area contributed by atoms with Gasteiger partial charge in [0.05, 0.1) is 11.6 Å². The highest BCUT2D eigenvalue weighted by atomic mass is 35.5. The second-order valence-corrected chi connectivity index (χ2v) is 5.39. The maximum atomic E-state index is 11.2. The molecule has 0 spiro atoms. The van der Waals surface area contributed by atoms with E-state index in [1.54, 1.807) is 0 Å². The van der Waals surface area contributed by atoms with Gasteiger partial charge in [0.1, 0.15) is 12.4 Å². The predicted molar refractivity (Wildman–Crippen MR) is 94.4 cm³/mol. The molecule has 2 aromatic rings. The predicted octanol–water partition coefficient (Wildman–Crippen LogP) is 3.67. The lowest BCUT2D eigenvalue weighted by Gasteiger charge is -2.10. The molecule has 0 radical (unpaired) electrons. The number of halogens is 1. The lowest BCUT2D eigenvalue weighted by atomic mass is 10.1. The Morgan fingerprint density at radius 2 is 1.96 bits per heavy atom. The first-order chi connectivity index (χ1) is 11.7. The molecule has 0 aliphatic heterocycles. The summed E-state index contributed by atoms with van der Waals surface area (Å²) >= 11 is 6.25. The van der Waals surface area contributed by atoms with Gasteiger partial charge in [0.2, 0.25) is 0 Å². The summed E-state index contributed by atoms with van der Waals surface area (Å²) in [6, 6.07) is 15.8. The van der Waals surface area contributed by atoms with Crippen LogP contribution in [0, 0.1) is 12.3 Å². The highest BCUT2D eigenvalue weighted by molar-refractivity contribution is 6.32. The summed E-state index contributed by atoms with van der Waals surface area (Å²) in [5, 5.41) is 3.07. The van der Waals surface area contributed by atoms with Crippen LogP contribution < -0.4 is 10.1 Å². The second kappa shape index (κ2) is 9.49. The van der Waals surface area contributed by atoms with Crippen LogP contribution in [-0.2, 0) is 11.2 Å². The highest BCUT2D eigenvalue weighted by Gasteiger charge is 2.05. The highest BCUT2D eigenvalue weighted by Crippen LogP contribution is 2.26. The van der Waals surface area contributed by atoms with Crippen LogP contribution >= 0.6 is 11.6 Å². The molecule has 2 aromatic carbocycles. The number of rotatable bonds is 7. The molecule has 0 saturated heterocycles. The van der Waals surface area contributed by atoms with Crippen LogP contribution in [-0.4, -0.2) is 25.9 Å². The summed E-state index contributed by atoms with van der Waals surface area (Å²) in [6.07, 6.45) is 5.23. The second-order valence-electron chi connectivity index (χ2n) is 4.98. The van der Waals surface area contributed by atoms with E-state index in [1.165, 1.54) is 5.56 Å². The molecular formula is C19H18ClNO3. The minimum absolute atomic E-state index is 0.0542. The van der Waals surface area contributed by atoms with Gasteiger partial charge in [-0.25, -0.2) is 4.79 Å². The lowest BCUT2D eigenvalue weighted by molar-refractivity contribution is 0.157. The molecule has 0 aromatic heterocycles. The number of hydrogen-bond acceptors (Lipinski definition) is 3. The number of hydrogen-bond donors (Lipinski definition) is 1. The summed E-state index contributed by atoms with van der Waals surface area (Å²) in [4.78, 5) is 11.2. The molecule has 0 atom stereocenters. The molecule has 0 aliphatic rings. The third kappa shape index (κ3) is 5.86. The van der Waals surface area contributed by atoms with Gasteiger partial charge in [-0.05, 0) is 29.7 Å². The molecule has 0 aliphatic carbocycles. The molecule has 5 heteroatoms. The third-order valence-corrected chi connectivity index (χ3v) is 3.46. The van der Waals surface area contributed by atoms with E-state index >= 15 is 0 Å². The standard InChI is InChI=1S/C19H18ClNO3/c1-2-11-24-19(22)21-10-12-23-18-9-8-16(14-17(18)20)13-15-6-4-3-5-7-15/h1,3-9,14H,10-13H2,(H,21,22). The van der Waals surface area contributed by atoms with E-state index in [0.29, 0.717) is 17.3 Å². The Morgan fingerprint density at radius 3 is 2.67 bits per heavy atom. The summed E-state index contributed by atoms with van der Waals surface area (Å²) in [5.74, 6) is 2.79. The fourth-order valence-electron chi connectivity index (χ4n) is 2.08. The molecule has 0 unspecified atom stereocenters. The number of carbonyl (C=O) groups excluding carboxylic acids is 1. The summed E-state index contributed by atoms with van der Waals surface area (Å²) in [6.45, 7) is 0.524. The quantitative estimate of drug-likeness (QED) is 0.616. The monoisotopic (exact) mass is 343 g/mol. The van der Waals surface area contributed by atoms with Crippen LogP contribution in [0.3, 0.4) is 0 Å². The Balaban J connectivity index is 1.80. The first-order valence-corrected chi connectivity index (χ1v) is 7.86. The average Bonchev–Trinajstić information content (AvgIpc) is 2.59. The summed E-state index contributed by atoms with van der Waals surface area (Å²) in [5.41, 5.74) is 2.33. The topological polar surface area (TPSA) is 47.6 Å². The zero-order chi connectivity index (χ0) is 17.2. The minimum atomic E-state index is -0.569. The Bertz CT molecular complexity index is 710. The Morgan fingerprint density at radius 1 is 1.17 bits per heavy atom. The van der Waals surface area contributed by atoms with Crippen LogP contribution in [0.5, 0.6) is 5.75 Å². The molecular weight excluding hydrogens is 326 g/mol. The molecule has 4 nitrogen and oxygen atoms in total. The zero-order valence-corrected chi connectivity index (χ0v) is 13.9. The normalized spacial score (nSPS) is 9.83. The molecule has 0 heterocycles. The first kappa shape index (κ1) is 17.7. The largest absolute Gasteiger partial charge is 0.490 e. The van der Waals surface area contributed by atoms with Crippen molar-refractivity contribution in [3.05, 3.63) is 64.7 Å². The molecule has 124 valence electrons. The molecule has 0 bridgehead atoms. The zero-order valence-electron chi connectivity index (χ0n) is 13.1. The van der Waals surface area contributed by atoms with Crippen LogP contribution in [0.15, 0.2) is 48.5 Å². The van der Waals surface area contributed by atoms with Gasteiger partial charge in [0, 0.05) is 0 Å². The number of nitrogens with one attached hydrogen (secondary N) is 1. The van der Waals surface area contributed by atoms with E-state index in [-0.39, 0.29) is 13.2 Å². The fraction of sp³-hybridized carbons (Fsp3) is 0.211. The smallest absolute Gasteiger partial charge is 0.408 e. The van der Waals surface area contributed by atoms with Gasteiger partial charge in [0.15, 0.2) is 6.61 Å². The van der Waals surface area contributed by atoms with Gasteiger partial charge >= 0.3 is 6.09 Å². The Labute approximate surface area is 146 Å². The SMILES string of the molecule is C#CCOC(=O)NCCOc1ccc(Cc2ccccc2)cc1Cl. The number of amides is 1. The maximum absolute atomic E-state index is 11.2. The Hall–Kier alpha value is -2.64. The number of terminal acetylenes is 1. The van der Waals surface area contributed by atoms with Crippen LogP contribution in [0.1, 0.15) is 11.1 Å². The number of benzene rings is 2. The molecule has 1 amide bonds. The van der Waals surface area contributed by atoms with Crippen molar-refractivity contribution >= 4 is 17.7 Å². The molecule has 0 saturated carbocycles. The fourth-order valence-corrected chi connectivity index (χ4v) is 2.33. The average molecular weight is 344 g/mol. The van der Waals surface area contributed by atoms with Gasteiger partial charge in [-0.3, -0.25) is 0 Å². The van der Waals surface area contributed by atoms with E-state index in [1.807, 2.05) is 36.4 Å². The summed E-state index contributed by atoms with van der Waals surface area (Å²) < 4.78 is 10.2. The van der Waals surface area contributed by atoms with E-state index in [4.69, 9.17) is 22.8 Å². The minimum Gasteiger partial charge on any atom is -0.490 e. The Kier molecular flexibility index (Phi) is 7.00. The van der Waals surface area contributed by atoms with E-state index < -0.39 is 6.09 Å². The third-order valence-electron chi connectivity index (χ3n) is 3.16. The van der Waals surface area contributed by atoms with Crippen molar-refractivity contribution in [1.29, 1.82) is 0 Å². The molecule has 24 heavy (non-hydrogen) atoms. The molecule has 0 fully saturated rings. The van der Waals surface area contributed by atoms with Crippen molar-refractivity contribution in [2.75, 3.05) is 19.8 Å². The van der Waals surface area contributed by atoms with Crippen molar-refractivity contribution in [1.82, 2.24) is 5.32 Å². The summed E-state index contributed by atoms with van der Waals surface area (Å²) in [7, 11) is 0. The van der Waals surface area contributed by atoms with Gasteiger partial charge in [-0.1, -0.05) is 53.9 Å². The number of carbonyl (C=O) groups is 1. The van der Waals surface area contributed by atoms with Crippen molar-refractivity contribution in [3.8, 4) is 18.1 Å². The van der Waals surface area contributed by atoms with Crippen molar-refractivity contribution in [3.63, 3.8) is 0 Å². The number of ether oxygens (including phenoxy) is 2. The van der Waals surface area contributed by atoms with E-state index in [0.717, 1.165) is 12.0 Å². The van der Waals surface area contributed by atoms with E-state index in [9.17, 15) is 4.79 Å². The lowest BCUT2D eigenvalue weighted by Crippen LogP contribution is -2.28. The van der Waals surface area contributed by atoms with Crippen LogP contribution in [0.2, 0.25) is 5.02 Å². The van der Waals surface area contributed by atoms with Crippen molar-refractivity contribution in [2.45, 2.75) is 6.42 Å². The van der Waals surface area contributed by atoms with Gasteiger partial charge in [0.25, 0.3) is 0 Å². The molecule has 1 N–H and O–H groups in total. The van der Waals surface area contributed by atoms with Crippen LogP contribution in [0.25, 0.3) is 0 Å². The molecule has 2 rings (SSSR count). The number of alkyl carbamates (subject to hydrolysis) is 1. The maximum Gasteiger partial charge on any atom is 0.408 e. The van der Waals surface area contributed by atoms with E-state index in [2.05, 4.69) is 28.1 Å². The van der Waals surface area contributed by atoms with Gasteiger partial charge < -0.3 is 14.8 Å². The first-order valence-electron chi connectivity index (χ1n) is 7.48. The van der Waals surface area contributed by atoms with Gasteiger partial charge in [-0.2, -0.15) is 0 Å². The van der Waals surface area contributed by atoms with Gasteiger partial charge in [-0.15, -0.1) is 6.42 Å². The van der Waals surface area contributed by atoms with Crippen LogP contribution in [0.4, 0.5) is 4.79 Å².